The van der Waals surface area contributed by atoms with E-state index in [2.05, 4.69) is 56.7 Å². The molecular weight excluding hydrogens is 210 g/mol. The molecule has 2 aromatic heterocycles. The summed E-state index contributed by atoms with van der Waals surface area (Å²) in [5.74, 6) is 0. The molecule has 0 aliphatic carbocycles. The molecule has 1 N–H and O–H groups in total. The average Bonchev–Trinajstić information content (AvgIpc) is 2.57. The van der Waals surface area contributed by atoms with E-state index in [1.54, 1.807) is 0 Å². The average molecular weight is 231 g/mol. The standard InChI is InChI=1S/C14H21N3/c1-13(2,3)10-8-15-7-9-11(10)16-17-12(9)14(4,5)6/h7-8H,1-6H3,(H,16,17). The van der Waals surface area contributed by atoms with Gasteiger partial charge in [0.05, 0.1) is 11.2 Å². The Kier molecular flexibility index (Phi) is 2.53. The van der Waals surface area contributed by atoms with Crippen LogP contribution in [-0.2, 0) is 10.8 Å². The van der Waals surface area contributed by atoms with Crippen LogP contribution < -0.4 is 0 Å². The Balaban J connectivity index is 2.74. The molecule has 0 aliphatic rings. The van der Waals surface area contributed by atoms with Crippen molar-refractivity contribution >= 4 is 10.9 Å². The Morgan fingerprint density at radius 2 is 1.59 bits per heavy atom. The van der Waals surface area contributed by atoms with Crippen molar-refractivity contribution in [1.82, 2.24) is 15.2 Å². The molecule has 2 heterocycles. The minimum Gasteiger partial charge on any atom is -0.277 e. The molecule has 2 aromatic rings. The number of aromatic nitrogens is 3. The summed E-state index contributed by atoms with van der Waals surface area (Å²) in [5.41, 5.74) is 3.55. The molecular formula is C14H21N3. The molecule has 0 aromatic carbocycles. The summed E-state index contributed by atoms with van der Waals surface area (Å²) in [6, 6.07) is 0. The first-order valence-electron chi connectivity index (χ1n) is 6.04. The first kappa shape index (κ1) is 12.1. The van der Waals surface area contributed by atoms with Crippen LogP contribution in [-0.4, -0.2) is 15.2 Å². The molecule has 0 fully saturated rings. The number of nitrogens with one attached hydrogen (secondary N) is 1. The Morgan fingerprint density at radius 1 is 0.941 bits per heavy atom. The fourth-order valence-corrected chi connectivity index (χ4v) is 2.07. The molecule has 0 aliphatic heterocycles. The second-order valence-corrected chi connectivity index (χ2v) is 6.68. The highest BCUT2D eigenvalue weighted by molar-refractivity contribution is 5.84. The topological polar surface area (TPSA) is 41.6 Å². The van der Waals surface area contributed by atoms with Gasteiger partial charge in [-0.05, 0) is 5.41 Å². The molecule has 0 saturated heterocycles. The van der Waals surface area contributed by atoms with Crippen LogP contribution in [0.25, 0.3) is 10.9 Å². The maximum Gasteiger partial charge on any atom is 0.0769 e. The summed E-state index contributed by atoms with van der Waals surface area (Å²) >= 11 is 0. The number of H-pyrrole nitrogens is 1. The maximum atomic E-state index is 4.48. The molecule has 2 rings (SSSR count). The number of hydrogen-bond acceptors (Lipinski definition) is 2. The van der Waals surface area contributed by atoms with Crippen LogP contribution >= 0.6 is 0 Å². The largest absolute Gasteiger partial charge is 0.277 e. The molecule has 3 heteroatoms. The van der Waals surface area contributed by atoms with Gasteiger partial charge in [-0.1, -0.05) is 41.5 Å². The Morgan fingerprint density at radius 3 is 2.12 bits per heavy atom. The normalized spacial score (nSPS) is 13.3. The predicted octanol–water partition coefficient (Wildman–Crippen LogP) is 3.55. The van der Waals surface area contributed by atoms with E-state index >= 15 is 0 Å². The highest BCUT2D eigenvalue weighted by Gasteiger charge is 2.24. The highest BCUT2D eigenvalue weighted by atomic mass is 15.1. The summed E-state index contributed by atoms with van der Waals surface area (Å²) in [5, 5.41) is 8.80. The number of aromatic amines is 1. The van der Waals surface area contributed by atoms with Gasteiger partial charge in [-0.25, -0.2) is 0 Å². The predicted molar refractivity (Wildman–Crippen MR) is 71.3 cm³/mol. The molecule has 0 saturated carbocycles. The zero-order valence-electron chi connectivity index (χ0n) is 11.5. The lowest BCUT2D eigenvalue weighted by Gasteiger charge is -2.19. The van der Waals surface area contributed by atoms with Crippen LogP contribution in [0.2, 0.25) is 0 Å². The lowest BCUT2D eigenvalue weighted by Crippen LogP contribution is -2.13. The van der Waals surface area contributed by atoms with Crippen LogP contribution in [0.3, 0.4) is 0 Å². The second kappa shape index (κ2) is 3.56. The van der Waals surface area contributed by atoms with Crippen LogP contribution in [0.1, 0.15) is 52.8 Å². The summed E-state index contributed by atoms with van der Waals surface area (Å²) < 4.78 is 0. The second-order valence-electron chi connectivity index (χ2n) is 6.68. The van der Waals surface area contributed by atoms with E-state index in [0.29, 0.717) is 0 Å². The number of hydrogen-bond donors (Lipinski definition) is 1. The molecule has 0 radical (unpaired) electrons. The molecule has 92 valence electrons. The van der Waals surface area contributed by atoms with Gasteiger partial charge >= 0.3 is 0 Å². The van der Waals surface area contributed by atoms with E-state index in [4.69, 9.17) is 0 Å². The molecule has 0 amide bonds. The van der Waals surface area contributed by atoms with Crippen LogP contribution in [0, 0.1) is 0 Å². The number of pyridine rings is 1. The maximum absolute atomic E-state index is 4.48. The minimum absolute atomic E-state index is 0.0381. The van der Waals surface area contributed by atoms with Gasteiger partial charge < -0.3 is 0 Å². The van der Waals surface area contributed by atoms with Crippen molar-refractivity contribution in [2.75, 3.05) is 0 Å². The highest BCUT2D eigenvalue weighted by Crippen LogP contribution is 2.32. The SMILES string of the molecule is CC(C)(C)c1n[nH]c2c(C(C)(C)C)cncc12. The van der Waals surface area contributed by atoms with Crippen LogP contribution in [0.15, 0.2) is 12.4 Å². The van der Waals surface area contributed by atoms with E-state index in [9.17, 15) is 0 Å². The fraction of sp³-hybridized carbons (Fsp3) is 0.571. The van der Waals surface area contributed by atoms with Gasteiger partial charge in [0.1, 0.15) is 0 Å². The molecule has 0 unspecified atom stereocenters. The third-order valence-electron chi connectivity index (χ3n) is 3.00. The number of fused-ring (bicyclic) bond motifs is 1. The van der Waals surface area contributed by atoms with Crippen LogP contribution in [0.5, 0.6) is 0 Å². The number of rotatable bonds is 0. The van der Waals surface area contributed by atoms with Gasteiger partial charge in [-0.2, -0.15) is 5.10 Å². The smallest absolute Gasteiger partial charge is 0.0769 e. The third kappa shape index (κ3) is 2.06. The molecule has 17 heavy (non-hydrogen) atoms. The Labute approximate surface area is 103 Å². The van der Waals surface area contributed by atoms with E-state index in [-0.39, 0.29) is 10.8 Å². The first-order valence-corrected chi connectivity index (χ1v) is 6.04. The van der Waals surface area contributed by atoms with E-state index < -0.39 is 0 Å². The van der Waals surface area contributed by atoms with Crippen molar-refractivity contribution < 1.29 is 0 Å². The van der Waals surface area contributed by atoms with Gasteiger partial charge in [-0.3, -0.25) is 10.1 Å². The third-order valence-corrected chi connectivity index (χ3v) is 3.00. The minimum atomic E-state index is 0.0381. The number of nitrogens with zero attached hydrogens (tertiary/aromatic N) is 2. The Hall–Kier alpha value is -1.38. The van der Waals surface area contributed by atoms with Crippen molar-refractivity contribution in [3.05, 3.63) is 23.7 Å². The zero-order chi connectivity index (χ0) is 12.8. The fourth-order valence-electron chi connectivity index (χ4n) is 2.07. The van der Waals surface area contributed by atoms with Gasteiger partial charge in [0.15, 0.2) is 0 Å². The zero-order valence-corrected chi connectivity index (χ0v) is 11.5. The van der Waals surface area contributed by atoms with E-state index in [1.807, 2.05) is 12.4 Å². The van der Waals surface area contributed by atoms with E-state index in [0.717, 1.165) is 16.6 Å². The molecule has 0 bridgehead atoms. The van der Waals surface area contributed by atoms with Gasteiger partial charge in [0, 0.05) is 28.8 Å². The summed E-state index contributed by atoms with van der Waals surface area (Å²) in [7, 11) is 0. The lowest BCUT2D eigenvalue weighted by atomic mass is 9.85. The Bertz CT molecular complexity index is 539. The van der Waals surface area contributed by atoms with Crippen molar-refractivity contribution in [1.29, 1.82) is 0 Å². The van der Waals surface area contributed by atoms with Crippen molar-refractivity contribution in [3.8, 4) is 0 Å². The first-order chi connectivity index (χ1) is 7.71. The van der Waals surface area contributed by atoms with Crippen molar-refractivity contribution in [2.24, 2.45) is 0 Å². The molecule has 0 atom stereocenters. The monoisotopic (exact) mass is 231 g/mol. The van der Waals surface area contributed by atoms with E-state index in [1.165, 1.54) is 5.56 Å². The molecule has 3 nitrogen and oxygen atoms in total. The lowest BCUT2D eigenvalue weighted by molar-refractivity contribution is 0.571. The quantitative estimate of drug-likeness (QED) is 0.753. The van der Waals surface area contributed by atoms with Crippen molar-refractivity contribution in [3.63, 3.8) is 0 Å². The molecule has 0 spiro atoms. The van der Waals surface area contributed by atoms with Crippen LogP contribution in [0.4, 0.5) is 0 Å². The summed E-state index contributed by atoms with van der Waals surface area (Å²) in [4.78, 5) is 4.37. The van der Waals surface area contributed by atoms with Crippen molar-refractivity contribution in [2.45, 2.75) is 52.4 Å². The summed E-state index contributed by atoms with van der Waals surface area (Å²) in [6.45, 7) is 13.1. The summed E-state index contributed by atoms with van der Waals surface area (Å²) in [6.07, 6.45) is 3.85. The van der Waals surface area contributed by atoms with Gasteiger partial charge in [-0.15, -0.1) is 0 Å². The van der Waals surface area contributed by atoms with Gasteiger partial charge in [0.25, 0.3) is 0 Å². The van der Waals surface area contributed by atoms with Gasteiger partial charge in [0.2, 0.25) is 0 Å².